The van der Waals surface area contributed by atoms with Gasteiger partial charge in [-0.3, -0.25) is 4.68 Å². The molecule has 0 bridgehead atoms. The van der Waals surface area contributed by atoms with Gasteiger partial charge in [0.25, 0.3) is 0 Å². The second-order valence-corrected chi connectivity index (χ2v) is 9.18. The van der Waals surface area contributed by atoms with Crippen LogP contribution < -0.4 is 0 Å². The minimum atomic E-state index is -0.426. The summed E-state index contributed by atoms with van der Waals surface area (Å²) in [5.41, 5.74) is 3.04. The molecule has 1 aromatic heterocycles. The third-order valence-corrected chi connectivity index (χ3v) is 6.55. The molecule has 0 atom stereocenters. The van der Waals surface area contributed by atoms with E-state index in [1.807, 2.05) is 66.3 Å². The van der Waals surface area contributed by atoms with Crippen molar-refractivity contribution in [1.82, 2.24) is 9.78 Å². The van der Waals surface area contributed by atoms with E-state index >= 15 is 0 Å². The Morgan fingerprint density at radius 3 is 2.52 bits per heavy atom. The molecule has 0 aliphatic heterocycles. The zero-order valence-electron chi connectivity index (χ0n) is 16.6. The van der Waals surface area contributed by atoms with E-state index in [2.05, 4.69) is 15.9 Å². The van der Waals surface area contributed by atoms with E-state index in [9.17, 15) is 4.79 Å². The van der Waals surface area contributed by atoms with Crippen LogP contribution in [0.5, 0.6) is 0 Å². The SMILES string of the molecule is Cn1nc(-c2ccccc2)c(COC(=O)c2cccc(Cl)c2)c1Sc1ccc(Br)cc1. The van der Waals surface area contributed by atoms with Gasteiger partial charge in [-0.1, -0.05) is 75.7 Å². The van der Waals surface area contributed by atoms with Gasteiger partial charge in [-0.25, -0.2) is 4.79 Å². The molecule has 0 unspecified atom stereocenters. The summed E-state index contributed by atoms with van der Waals surface area (Å²) < 4.78 is 8.52. The Morgan fingerprint density at radius 1 is 1.06 bits per heavy atom. The number of ether oxygens (including phenoxy) is 1. The van der Waals surface area contributed by atoms with Gasteiger partial charge in [0.15, 0.2) is 0 Å². The van der Waals surface area contributed by atoms with Crippen molar-refractivity contribution in [1.29, 1.82) is 0 Å². The molecular weight excluding hydrogens is 496 g/mol. The molecule has 31 heavy (non-hydrogen) atoms. The average molecular weight is 514 g/mol. The highest BCUT2D eigenvalue weighted by Gasteiger charge is 2.21. The highest BCUT2D eigenvalue weighted by molar-refractivity contribution is 9.10. The molecule has 0 amide bonds. The number of esters is 1. The fourth-order valence-electron chi connectivity index (χ4n) is 3.09. The number of carbonyl (C=O) groups is 1. The molecule has 0 saturated carbocycles. The van der Waals surface area contributed by atoms with E-state index in [0.717, 1.165) is 31.2 Å². The summed E-state index contributed by atoms with van der Waals surface area (Å²) in [6, 6.07) is 24.7. The summed E-state index contributed by atoms with van der Waals surface area (Å²) in [4.78, 5) is 13.7. The van der Waals surface area contributed by atoms with Crippen LogP contribution in [0.2, 0.25) is 5.02 Å². The summed E-state index contributed by atoms with van der Waals surface area (Å²) >= 11 is 11.1. The second-order valence-electron chi connectivity index (χ2n) is 6.76. The summed E-state index contributed by atoms with van der Waals surface area (Å²) in [6.45, 7) is 0.0995. The van der Waals surface area contributed by atoms with Crippen molar-refractivity contribution in [2.45, 2.75) is 16.5 Å². The lowest BCUT2D eigenvalue weighted by molar-refractivity contribution is 0.0470. The molecule has 0 aliphatic carbocycles. The maximum Gasteiger partial charge on any atom is 0.338 e. The van der Waals surface area contributed by atoms with Crippen LogP contribution in [0.25, 0.3) is 11.3 Å². The van der Waals surface area contributed by atoms with Crippen LogP contribution in [0.3, 0.4) is 0 Å². The Balaban J connectivity index is 1.67. The van der Waals surface area contributed by atoms with Crippen LogP contribution >= 0.6 is 39.3 Å². The lowest BCUT2D eigenvalue weighted by atomic mass is 10.1. The molecular formula is C24H18BrClN2O2S. The zero-order valence-corrected chi connectivity index (χ0v) is 19.7. The molecule has 0 spiro atoms. The van der Waals surface area contributed by atoms with Gasteiger partial charge in [-0.15, -0.1) is 0 Å². The Kier molecular flexibility index (Phi) is 6.80. The molecule has 7 heteroatoms. The van der Waals surface area contributed by atoms with Gasteiger partial charge < -0.3 is 4.74 Å². The fraction of sp³-hybridized carbons (Fsp3) is 0.0833. The average Bonchev–Trinajstić information content (AvgIpc) is 3.09. The van der Waals surface area contributed by atoms with Crippen LogP contribution in [-0.4, -0.2) is 15.7 Å². The van der Waals surface area contributed by atoms with Crippen molar-refractivity contribution in [3.8, 4) is 11.3 Å². The number of aromatic nitrogens is 2. The number of halogens is 2. The second kappa shape index (κ2) is 9.73. The predicted molar refractivity (Wildman–Crippen MR) is 127 cm³/mol. The van der Waals surface area contributed by atoms with Gasteiger partial charge in [0.2, 0.25) is 0 Å². The Bertz CT molecular complexity index is 1210. The van der Waals surface area contributed by atoms with Gasteiger partial charge in [0.1, 0.15) is 17.3 Å². The first kappa shape index (κ1) is 21.7. The van der Waals surface area contributed by atoms with Gasteiger partial charge in [-0.05, 0) is 42.5 Å². The first-order chi connectivity index (χ1) is 15.0. The monoisotopic (exact) mass is 512 g/mol. The van der Waals surface area contributed by atoms with Gasteiger partial charge >= 0.3 is 5.97 Å². The standard InChI is InChI=1S/C24H18BrClN2O2S/c1-28-23(31-20-12-10-18(25)11-13-20)21(22(27-28)16-6-3-2-4-7-16)15-30-24(29)17-8-5-9-19(26)14-17/h2-14H,15H2,1H3. The van der Waals surface area contributed by atoms with Gasteiger partial charge in [0, 0.05) is 32.6 Å². The minimum absolute atomic E-state index is 0.0995. The Labute approximate surface area is 198 Å². The van der Waals surface area contributed by atoms with Crippen molar-refractivity contribution in [3.05, 3.63) is 99.5 Å². The molecule has 1 heterocycles. The normalized spacial score (nSPS) is 10.8. The van der Waals surface area contributed by atoms with Crippen molar-refractivity contribution in [2.24, 2.45) is 7.05 Å². The molecule has 0 fully saturated rings. The number of nitrogens with zero attached hydrogens (tertiary/aromatic N) is 2. The van der Waals surface area contributed by atoms with Crippen LogP contribution in [-0.2, 0) is 18.4 Å². The largest absolute Gasteiger partial charge is 0.457 e. The molecule has 0 aliphatic rings. The van der Waals surface area contributed by atoms with Crippen LogP contribution in [0.4, 0.5) is 0 Å². The summed E-state index contributed by atoms with van der Waals surface area (Å²) in [7, 11) is 1.90. The molecule has 0 saturated heterocycles. The maximum atomic E-state index is 12.6. The third kappa shape index (κ3) is 5.21. The van der Waals surface area contributed by atoms with Crippen molar-refractivity contribution in [2.75, 3.05) is 0 Å². The predicted octanol–water partition coefficient (Wildman–Crippen LogP) is 7.01. The van der Waals surface area contributed by atoms with Gasteiger partial charge in [-0.2, -0.15) is 5.10 Å². The zero-order chi connectivity index (χ0) is 21.8. The molecule has 156 valence electrons. The Morgan fingerprint density at radius 2 is 1.81 bits per heavy atom. The number of hydrogen-bond donors (Lipinski definition) is 0. The number of aryl methyl sites for hydroxylation is 1. The van der Waals surface area contributed by atoms with Crippen LogP contribution in [0.15, 0.2) is 93.3 Å². The lowest BCUT2D eigenvalue weighted by Crippen LogP contribution is -2.06. The third-order valence-electron chi connectivity index (χ3n) is 4.57. The summed E-state index contributed by atoms with van der Waals surface area (Å²) in [5.74, 6) is -0.426. The first-order valence-corrected chi connectivity index (χ1v) is 11.5. The van der Waals surface area contributed by atoms with E-state index in [-0.39, 0.29) is 6.61 Å². The number of carbonyl (C=O) groups excluding carboxylic acids is 1. The smallest absolute Gasteiger partial charge is 0.338 e. The topological polar surface area (TPSA) is 44.1 Å². The summed E-state index contributed by atoms with van der Waals surface area (Å²) in [6.07, 6.45) is 0. The fourth-order valence-corrected chi connectivity index (χ4v) is 4.49. The van der Waals surface area contributed by atoms with E-state index in [4.69, 9.17) is 21.4 Å². The molecule has 0 radical (unpaired) electrons. The quantitative estimate of drug-likeness (QED) is 0.260. The molecule has 4 nitrogen and oxygen atoms in total. The highest BCUT2D eigenvalue weighted by atomic mass is 79.9. The molecule has 4 rings (SSSR count). The number of benzene rings is 3. The first-order valence-electron chi connectivity index (χ1n) is 9.48. The summed E-state index contributed by atoms with van der Waals surface area (Å²) in [5, 5.41) is 6.14. The molecule has 0 N–H and O–H groups in total. The number of hydrogen-bond acceptors (Lipinski definition) is 4. The van der Waals surface area contributed by atoms with Crippen molar-refractivity contribution < 1.29 is 9.53 Å². The highest BCUT2D eigenvalue weighted by Crippen LogP contribution is 2.36. The van der Waals surface area contributed by atoms with E-state index in [1.165, 1.54) is 0 Å². The molecule has 4 aromatic rings. The molecule has 3 aromatic carbocycles. The van der Waals surface area contributed by atoms with Crippen LogP contribution in [0.1, 0.15) is 15.9 Å². The van der Waals surface area contributed by atoms with Crippen molar-refractivity contribution >= 4 is 45.3 Å². The van der Waals surface area contributed by atoms with Crippen molar-refractivity contribution in [3.63, 3.8) is 0 Å². The van der Waals surface area contributed by atoms with Crippen LogP contribution in [0, 0.1) is 0 Å². The van der Waals surface area contributed by atoms with E-state index in [1.54, 1.807) is 36.0 Å². The number of rotatable bonds is 6. The van der Waals surface area contributed by atoms with E-state index in [0.29, 0.717) is 10.6 Å². The maximum absolute atomic E-state index is 12.6. The lowest BCUT2D eigenvalue weighted by Gasteiger charge is -2.09. The minimum Gasteiger partial charge on any atom is -0.457 e. The Hall–Kier alpha value is -2.54. The van der Waals surface area contributed by atoms with E-state index < -0.39 is 5.97 Å². The van der Waals surface area contributed by atoms with Gasteiger partial charge in [0.05, 0.1) is 5.56 Å².